The molecular weight excluding hydrogens is 357 g/mol. The third-order valence-electron chi connectivity index (χ3n) is 3.81. The average Bonchev–Trinajstić information content (AvgIpc) is 2.55. The number of carboxylic acid groups (broad SMARTS) is 1. The van der Waals surface area contributed by atoms with E-state index in [0.29, 0.717) is 22.6 Å². The minimum Gasteiger partial charge on any atom is -0.478 e. The first-order valence-corrected chi connectivity index (χ1v) is 7.68. The summed E-state index contributed by atoms with van der Waals surface area (Å²) in [6.07, 6.45) is -5.89. The lowest BCUT2D eigenvalue weighted by Gasteiger charge is -2.27. The Kier molecular flexibility index (Phi) is 4.47. The Bertz CT molecular complexity index is 859. The van der Waals surface area contributed by atoms with E-state index >= 15 is 0 Å². The van der Waals surface area contributed by atoms with Crippen LogP contribution in [-0.2, 0) is 11.2 Å². The van der Waals surface area contributed by atoms with Gasteiger partial charge in [-0.05, 0) is 35.8 Å². The van der Waals surface area contributed by atoms with Crippen LogP contribution in [0.5, 0.6) is 5.75 Å². The summed E-state index contributed by atoms with van der Waals surface area (Å²) in [5, 5.41) is 9.57. The lowest BCUT2D eigenvalue weighted by Crippen LogP contribution is -2.40. The summed E-state index contributed by atoms with van der Waals surface area (Å²) in [6.45, 7) is 0. The molecule has 25 heavy (non-hydrogen) atoms. The highest BCUT2D eigenvalue weighted by atomic mass is 35.5. The molecule has 0 fully saturated rings. The molecule has 1 atom stereocenters. The van der Waals surface area contributed by atoms with Gasteiger partial charge in [-0.1, -0.05) is 41.9 Å². The first-order valence-electron chi connectivity index (χ1n) is 7.30. The van der Waals surface area contributed by atoms with Crippen LogP contribution >= 0.6 is 11.6 Å². The molecule has 1 unspecified atom stereocenters. The van der Waals surface area contributed by atoms with Crippen molar-refractivity contribution in [2.24, 2.45) is 0 Å². The number of carboxylic acids is 1. The Hall–Kier alpha value is -2.47. The molecule has 0 amide bonds. The van der Waals surface area contributed by atoms with Crippen LogP contribution in [0.4, 0.5) is 13.2 Å². The number of carbonyl (C=O) groups is 1. The van der Waals surface area contributed by atoms with E-state index in [1.807, 2.05) is 12.1 Å². The SMILES string of the molecule is O=C(O)C1=Cc2ccc(Cc3ccccc3Cl)cc2OC1C(F)(F)F. The molecule has 0 bridgehead atoms. The van der Waals surface area contributed by atoms with Gasteiger partial charge in [-0.15, -0.1) is 0 Å². The minimum absolute atomic E-state index is 0.00289. The van der Waals surface area contributed by atoms with Gasteiger partial charge in [-0.3, -0.25) is 0 Å². The van der Waals surface area contributed by atoms with Crippen LogP contribution in [0, 0.1) is 0 Å². The molecule has 2 aromatic carbocycles. The molecule has 3 rings (SSSR count). The second-order valence-electron chi connectivity index (χ2n) is 5.58. The Labute approximate surface area is 146 Å². The predicted molar refractivity (Wildman–Crippen MR) is 86.8 cm³/mol. The van der Waals surface area contributed by atoms with Gasteiger partial charge >= 0.3 is 12.1 Å². The smallest absolute Gasteiger partial charge is 0.430 e. The Balaban J connectivity index is 1.96. The molecular formula is C18H12ClF3O3. The van der Waals surface area contributed by atoms with Gasteiger partial charge in [0.2, 0.25) is 6.10 Å². The summed E-state index contributed by atoms with van der Waals surface area (Å²) in [5.74, 6) is -1.66. The summed E-state index contributed by atoms with van der Waals surface area (Å²) in [4.78, 5) is 11.1. The molecule has 7 heteroatoms. The topological polar surface area (TPSA) is 46.5 Å². The largest absolute Gasteiger partial charge is 0.478 e. The number of rotatable bonds is 3. The molecule has 0 radical (unpaired) electrons. The fourth-order valence-corrected chi connectivity index (χ4v) is 2.82. The number of alkyl halides is 3. The number of hydrogen-bond donors (Lipinski definition) is 1. The molecule has 1 N–H and O–H groups in total. The predicted octanol–water partition coefficient (Wildman–Crippen LogP) is 4.72. The second-order valence-corrected chi connectivity index (χ2v) is 5.99. The van der Waals surface area contributed by atoms with E-state index in [0.717, 1.165) is 11.6 Å². The summed E-state index contributed by atoms with van der Waals surface area (Å²) < 4.78 is 44.3. The first-order chi connectivity index (χ1) is 11.8. The summed E-state index contributed by atoms with van der Waals surface area (Å²) in [6, 6.07) is 11.9. The number of aliphatic carboxylic acids is 1. The number of fused-ring (bicyclic) bond motifs is 1. The highest BCUT2D eigenvalue weighted by molar-refractivity contribution is 6.31. The highest BCUT2D eigenvalue weighted by Gasteiger charge is 2.48. The second kappa shape index (κ2) is 6.44. The number of benzene rings is 2. The molecule has 0 aromatic heterocycles. The van der Waals surface area contributed by atoms with E-state index in [4.69, 9.17) is 21.4 Å². The van der Waals surface area contributed by atoms with Crippen molar-refractivity contribution in [3.05, 3.63) is 69.8 Å². The Morgan fingerprint density at radius 2 is 1.92 bits per heavy atom. The number of hydrogen-bond acceptors (Lipinski definition) is 2. The minimum atomic E-state index is -4.82. The maximum absolute atomic E-state index is 13.1. The number of halogens is 4. The molecule has 0 saturated carbocycles. The van der Waals surface area contributed by atoms with Gasteiger partial charge in [0.1, 0.15) is 5.75 Å². The fraction of sp³-hybridized carbons (Fsp3) is 0.167. The van der Waals surface area contributed by atoms with Crippen molar-refractivity contribution < 1.29 is 27.8 Å². The summed E-state index contributed by atoms with van der Waals surface area (Å²) in [7, 11) is 0. The van der Waals surface area contributed by atoms with Crippen LogP contribution in [0.15, 0.2) is 48.0 Å². The molecule has 0 aliphatic carbocycles. The van der Waals surface area contributed by atoms with Crippen LogP contribution in [0.25, 0.3) is 6.08 Å². The van der Waals surface area contributed by atoms with Crippen molar-refractivity contribution in [3.8, 4) is 5.75 Å². The van der Waals surface area contributed by atoms with Crippen LogP contribution in [0.3, 0.4) is 0 Å². The van der Waals surface area contributed by atoms with E-state index in [-0.39, 0.29) is 5.75 Å². The molecule has 1 aliphatic rings. The fourth-order valence-electron chi connectivity index (χ4n) is 2.62. The zero-order valence-electron chi connectivity index (χ0n) is 12.7. The maximum Gasteiger partial charge on any atom is 0.430 e. The van der Waals surface area contributed by atoms with Crippen molar-refractivity contribution in [1.82, 2.24) is 0 Å². The summed E-state index contributed by atoms with van der Waals surface area (Å²) >= 11 is 6.10. The highest BCUT2D eigenvalue weighted by Crippen LogP contribution is 2.38. The van der Waals surface area contributed by atoms with Gasteiger partial charge < -0.3 is 9.84 Å². The monoisotopic (exact) mass is 368 g/mol. The van der Waals surface area contributed by atoms with Crippen molar-refractivity contribution in [3.63, 3.8) is 0 Å². The third kappa shape index (κ3) is 3.64. The van der Waals surface area contributed by atoms with Gasteiger partial charge in [0.05, 0.1) is 5.57 Å². The maximum atomic E-state index is 13.1. The normalized spacial score (nSPS) is 16.6. The van der Waals surface area contributed by atoms with Gasteiger partial charge in [0.25, 0.3) is 0 Å². The van der Waals surface area contributed by atoms with E-state index in [9.17, 15) is 18.0 Å². The molecule has 2 aromatic rings. The van der Waals surface area contributed by atoms with E-state index < -0.39 is 23.8 Å². The molecule has 1 aliphatic heterocycles. The van der Waals surface area contributed by atoms with E-state index in [2.05, 4.69) is 0 Å². The molecule has 0 saturated heterocycles. The summed E-state index contributed by atoms with van der Waals surface area (Å²) in [5.41, 5.74) is 0.994. The van der Waals surface area contributed by atoms with Gasteiger partial charge in [0.15, 0.2) is 0 Å². The van der Waals surface area contributed by atoms with Crippen molar-refractivity contribution >= 4 is 23.6 Å². The quantitative estimate of drug-likeness (QED) is 0.852. The van der Waals surface area contributed by atoms with Gasteiger partial charge in [0, 0.05) is 10.6 Å². The average molecular weight is 369 g/mol. The van der Waals surface area contributed by atoms with Crippen LogP contribution in [-0.4, -0.2) is 23.4 Å². The van der Waals surface area contributed by atoms with Crippen molar-refractivity contribution in [1.29, 1.82) is 0 Å². The Morgan fingerprint density at radius 1 is 1.20 bits per heavy atom. The zero-order valence-corrected chi connectivity index (χ0v) is 13.4. The van der Waals surface area contributed by atoms with Gasteiger partial charge in [-0.25, -0.2) is 4.79 Å². The van der Waals surface area contributed by atoms with Gasteiger partial charge in [-0.2, -0.15) is 13.2 Å². The molecule has 130 valence electrons. The standard InChI is InChI=1S/C18H12ClF3O3/c19-14-4-2-1-3-11(14)7-10-5-6-12-9-13(17(23)24)16(18(20,21)22)25-15(12)8-10/h1-6,8-9,16H,7H2,(H,23,24). The lowest BCUT2D eigenvalue weighted by molar-refractivity contribution is -0.187. The lowest BCUT2D eigenvalue weighted by atomic mass is 9.98. The Morgan fingerprint density at radius 3 is 2.56 bits per heavy atom. The molecule has 1 heterocycles. The molecule has 0 spiro atoms. The van der Waals surface area contributed by atoms with Crippen LogP contribution < -0.4 is 4.74 Å². The zero-order chi connectivity index (χ0) is 18.2. The molecule has 3 nitrogen and oxygen atoms in total. The number of ether oxygens (including phenoxy) is 1. The first kappa shape index (κ1) is 17.4. The third-order valence-corrected chi connectivity index (χ3v) is 4.18. The van der Waals surface area contributed by atoms with E-state index in [1.54, 1.807) is 18.2 Å². The van der Waals surface area contributed by atoms with Crippen molar-refractivity contribution in [2.75, 3.05) is 0 Å². The van der Waals surface area contributed by atoms with Crippen molar-refractivity contribution in [2.45, 2.75) is 18.7 Å². The van der Waals surface area contributed by atoms with Crippen LogP contribution in [0.2, 0.25) is 5.02 Å². The van der Waals surface area contributed by atoms with Crippen LogP contribution in [0.1, 0.15) is 16.7 Å². The van der Waals surface area contributed by atoms with E-state index in [1.165, 1.54) is 12.1 Å².